The molecule has 0 aromatic carbocycles. The van der Waals surface area contributed by atoms with Crippen LogP contribution in [0.4, 0.5) is 0 Å². The first kappa shape index (κ1) is 12.9. The molecule has 3 nitrogen and oxygen atoms in total. The highest BCUT2D eigenvalue weighted by atomic mass is 16.7. The molecule has 3 heteroatoms. The monoisotopic (exact) mass is 190 g/mol. The van der Waals surface area contributed by atoms with Gasteiger partial charge in [0.25, 0.3) is 0 Å². The van der Waals surface area contributed by atoms with E-state index >= 15 is 0 Å². The molecule has 0 rings (SSSR count). The summed E-state index contributed by atoms with van der Waals surface area (Å²) in [6.07, 6.45) is -0.124. The van der Waals surface area contributed by atoms with Gasteiger partial charge in [-0.25, -0.2) is 0 Å². The molecule has 0 aliphatic carbocycles. The predicted molar refractivity (Wildman–Crippen MR) is 52.7 cm³/mol. The third-order valence-corrected chi connectivity index (χ3v) is 1.71. The number of rotatable bonds is 8. The summed E-state index contributed by atoms with van der Waals surface area (Å²) in [6, 6.07) is 0. The molecule has 1 atom stereocenters. The molecule has 0 amide bonds. The molecule has 0 aromatic rings. The van der Waals surface area contributed by atoms with Crippen molar-refractivity contribution < 1.29 is 14.2 Å². The van der Waals surface area contributed by atoms with Gasteiger partial charge in [-0.1, -0.05) is 6.92 Å². The minimum atomic E-state index is -0.124. The normalized spacial score (nSPS) is 13.6. The van der Waals surface area contributed by atoms with E-state index in [9.17, 15) is 0 Å². The zero-order valence-corrected chi connectivity index (χ0v) is 9.21. The Morgan fingerprint density at radius 2 is 1.46 bits per heavy atom. The summed E-state index contributed by atoms with van der Waals surface area (Å²) < 4.78 is 16.2. The predicted octanol–water partition coefficient (Wildman–Crippen LogP) is 2.06. The number of hydrogen-bond donors (Lipinski definition) is 0. The summed E-state index contributed by atoms with van der Waals surface area (Å²) in [7, 11) is 0. The molecular formula is C10H22O3. The molecule has 0 saturated heterocycles. The molecule has 0 aliphatic heterocycles. The molecule has 0 radical (unpaired) electrons. The fourth-order valence-electron chi connectivity index (χ4n) is 1.09. The molecule has 0 aromatic heterocycles. The van der Waals surface area contributed by atoms with Crippen molar-refractivity contribution in [3.8, 4) is 0 Å². The van der Waals surface area contributed by atoms with E-state index in [1.54, 1.807) is 0 Å². The Balaban J connectivity index is 3.72. The summed E-state index contributed by atoms with van der Waals surface area (Å²) in [4.78, 5) is 0. The van der Waals surface area contributed by atoms with Gasteiger partial charge in [-0.05, 0) is 20.8 Å². The van der Waals surface area contributed by atoms with E-state index < -0.39 is 0 Å². The van der Waals surface area contributed by atoms with E-state index in [0.717, 1.165) is 6.61 Å². The van der Waals surface area contributed by atoms with Crippen LogP contribution in [0, 0.1) is 5.92 Å². The Morgan fingerprint density at radius 1 is 0.923 bits per heavy atom. The second-order valence-corrected chi connectivity index (χ2v) is 2.92. The SMILES string of the molecule is CCOCC(C)C(OCC)OCC. The van der Waals surface area contributed by atoms with Crippen LogP contribution in [0.5, 0.6) is 0 Å². The molecule has 13 heavy (non-hydrogen) atoms. The second kappa shape index (κ2) is 8.48. The van der Waals surface area contributed by atoms with Crippen LogP contribution in [0.1, 0.15) is 27.7 Å². The lowest BCUT2D eigenvalue weighted by molar-refractivity contribution is -0.173. The molecular weight excluding hydrogens is 168 g/mol. The van der Waals surface area contributed by atoms with Gasteiger partial charge in [0.15, 0.2) is 6.29 Å². The van der Waals surface area contributed by atoms with E-state index in [1.165, 1.54) is 0 Å². The van der Waals surface area contributed by atoms with Crippen molar-refractivity contribution in [2.75, 3.05) is 26.4 Å². The molecule has 80 valence electrons. The van der Waals surface area contributed by atoms with Crippen LogP contribution in [0.2, 0.25) is 0 Å². The van der Waals surface area contributed by atoms with Crippen molar-refractivity contribution in [3.63, 3.8) is 0 Å². The van der Waals surface area contributed by atoms with E-state index in [1.807, 2.05) is 20.8 Å². The van der Waals surface area contributed by atoms with Crippen molar-refractivity contribution >= 4 is 0 Å². The van der Waals surface area contributed by atoms with Gasteiger partial charge in [-0.3, -0.25) is 0 Å². The highest BCUT2D eigenvalue weighted by molar-refractivity contribution is 4.56. The molecule has 0 saturated carbocycles. The highest BCUT2D eigenvalue weighted by Crippen LogP contribution is 2.09. The third-order valence-electron chi connectivity index (χ3n) is 1.71. The maximum absolute atomic E-state index is 5.44. The van der Waals surface area contributed by atoms with Crippen LogP contribution < -0.4 is 0 Å². The minimum Gasteiger partial charge on any atom is -0.381 e. The Labute approximate surface area is 81.4 Å². The average molecular weight is 190 g/mol. The molecule has 0 N–H and O–H groups in total. The Hall–Kier alpha value is -0.120. The van der Waals surface area contributed by atoms with Crippen molar-refractivity contribution in [1.82, 2.24) is 0 Å². The molecule has 0 fully saturated rings. The lowest BCUT2D eigenvalue weighted by Crippen LogP contribution is -2.28. The second-order valence-electron chi connectivity index (χ2n) is 2.92. The van der Waals surface area contributed by atoms with Crippen LogP contribution in [-0.2, 0) is 14.2 Å². The molecule has 0 spiro atoms. The largest absolute Gasteiger partial charge is 0.381 e. The quantitative estimate of drug-likeness (QED) is 0.548. The summed E-state index contributed by atoms with van der Waals surface area (Å²) in [5, 5.41) is 0. The van der Waals surface area contributed by atoms with Gasteiger partial charge in [0.05, 0.1) is 6.61 Å². The lowest BCUT2D eigenvalue weighted by atomic mass is 10.2. The van der Waals surface area contributed by atoms with Crippen LogP contribution in [0.15, 0.2) is 0 Å². The lowest BCUT2D eigenvalue weighted by Gasteiger charge is -2.23. The summed E-state index contributed by atoms with van der Waals surface area (Å²) >= 11 is 0. The van der Waals surface area contributed by atoms with E-state index in [2.05, 4.69) is 6.92 Å². The Kier molecular flexibility index (Phi) is 8.40. The summed E-state index contributed by atoms with van der Waals surface area (Å²) in [5.41, 5.74) is 0. The van der Waals surface area contributed by atoms with Gasteiger partial charge in [-0.2, -0.15) is 0 Å². The fraction of sp³-hybridized carbons (Fsp3) is 1.00. The van der Waals surface area contributed by atoms with Crippen molar-refractivity contribution in [2.24, 2.45) is 5.92 Å². The molecule has 0 heterocycles. The highest BCUT2D eigenvalue weighted by Gasteiger charge is 2.17. The zero-order valence-electron chi connectivity index (χ0n) is 9.21. The first-order valence-electron chi connectivity index (χ1n) is 5.07. The van der Waals surface area contributed by atoms with Crippen molar-refractivity contribution in [3.05, 3.63) is 0 Å². The van der Waals surface area contributed by atoms with Gasteiger partial charge in [-0.15, -0.1) is 0 Å². The number of hydrogen-bond acceptors (Lipinski definition) is 3. The van der Waals surface area contributed by atoms with E-state index in [-0.39, 0.29) is 6.29 Å². The molecule has 0 bridgehead atoms. The van der Waals surface area contributed by atoms with Gasteiger partial charge in [0, 0.05) is 25.7 Å². The van der Waals surface area contributed by atoms with Crippen LogP contribution in [0.25, 0.3) is 0 Å². The minimum absolute atomic E-state index is 0.124. The van der Waals surface area contributed by atoms with E-state index in [4.69, 9.17) is 14.2 Å². The van der Waals surface area contributed by atoms with E-state index in [0.29, 0.717) is 25.7 Å². The average Bonchev–Trinajstić information content (AvgIpc) is 2.14. The Morgan fingerprint density at radius 3 is 1.85 bits per heavy atom. The van der Waals surface area contributed by atoms with Gasteiger partial charge < -0.3 is 14.2 Å². The van der Waals surface area contributed by atoms with Crippen LogP contribution in [-0.4, -0.2) is 32.7 Å². The Bertz CT molecular complexity index is 100. The molecule has 1 unspecified atom stereocenters. The van der Waals surface area contributed by atoms with Crippen molar-refractivity contribution in [1.29, 1.82) is 0 Å². The zero-order chi connectivity index (χ0) is 10.1. The smallest absolute Gasteiger partial charge is 0.162 e. The fourth-order valence-corrected chi connectivity index (χ4v) is 1.09. The summed E-state index contributed by atoms with van der Waals surface area (Å²) in [5.74, 6) is 0.292. The standard InChI is InChI=1S/C10H22O3/c1-5-11-8-9(4)10(12-6-2)13-7-3/h9-10H,5-8H2,1-4H3. The van der Waals surface area contributed by atoms with Gasteiger partial charge in [0.1, 0.15) is 0 Å². The first-order valence-corrected chi connectivity index (χ1v) is 5.07. The number of ether oxygens (including phenoxy) is 3. The summed E-state index contributed by atoms with van der Waals surface area (Å²) in [6.45, 7) is 10.8. The van der Waals surface area contributed by atoms with Gasteiger partial charge >= 0.3 is 0 Å². The first-order chi connectivity index (χ1) is 6.26. The van der Waals surface area contributed by atoms with Crippen molar-refractivity contribution in [2.45, 2.75) is 34.0 Å². The maximum atomic E-state index is 5.44. The van der Waals surface area contributed by atoms with Gasteiger partial charge in [0.2, 0.25) is 0 Å². The maximum Gasteiger partial charge on any atom is 0.162 e. The topological polar surface area (TPSA) is 27.7 Å². The van der Waals surface area contributed by atoms with Crippen LogP contribution in [0.3, 0.4) is 0 Å². The molecule has 0 aliphatic rings. The van der Waals surface area contributed by atoms with Crippen LogP contribution >= 0.6 is 0 Å². The third kappa shape index (κ3) is 6.02.